The van der Waals surface area contributed by atoms with E-state index in [1.54, 1.807) is 40.7 Å². The third kappa shape index (κ3) is 2.67. The highest BCUT2D eigenvalue weighted by atomic mass is 16.8. The fourth-order valence-corrected chi connectivity index (χ4v) is 8.70. The quantitative estimate of drug-likeness (QED) is 0.374. The van der Waals surface area contributed by atoms with Gasteiger partial charge >= 0.3 is 5.97 Å². The molecule has 0 aromatic rings. The van der Waals surface area contributed by atoms with Crippen LogP contribution in [0.4, 0.5) is 0 Å². The fourth-order valence-electron chi connectivity index (χ4n) is 8.70. The Morgan fingerprint density at radius 2 is 1.86 bits per heavy atom. The van der Waals surface area contributed by atoms with Crippen LogP contribution in [0.2, 0.25) is 0 Å². The molecule has 37 heavy (non-hydrogen) atoms. The molecule has 6 rings (SSSR count). The van der Waals surface area contributed by atoms with Crippen LogP contribution < -0.4 is 0 Å². The van der Waals surface area contributed by atoms with Gasteiger partial charge in [0.2, 0.25) is 0 Å². The summed E-state index contributed by atoms with van der Waals surface area (Å²) in [6, 6.07) is 0. The number of hydrogen-bond donors (Lipinski definition) is 3. The number of fused-ring (bicyclic) bond motifs is 7. The highest BCUT2D eigenvalue weighted by molar-refractivity contribution is 6.05. The molecule has 0 bridgehead atoms. The summed E-state index contributed by atoms with van der Waals surface area (Å²) in [6.07, 6.45) is -0.702. The Morgan fingerprint density at radius 1 is 1.22 bits per heavy atom. The average Bonchev–Trinajstić information content (AvgIpc) is 3.64. The van der Waals surface area contributed by atoms with Crippen LogP contribution in [0.15, 0.2) is 11.6 Å². The van der Waals surface area contributed by atoms with Gasteiger partial charge in [0.05, 0.1) is 30.3 Å². The molecule has 0 radical (unpaired) electrons. The summed E-state index contributed by atoms with van der Waals surface area (Å²) in [7, 11) is 0. The van der Waals surface area contributed by atoms with Crippen molar-refractivity contribution in [1.82, 2.24) is 0 Å². The SMILES string of the molecule is CC[C@H](C)C(=O)O[C@@]12[C@H](O)[C@@H](C)[C@@]3(O)[C@@H]([C@@H]4O[C@@]45COC(C)(C)O[C@H]5[C@]4(O)C(=O)C(C)=C[C@H]43)[C@H]1C2(C)C. The van der Waals surface area contributed by atoms with Gasteiger partial charge in [-0.3, -0.25) is 9.59 Å². The second kappa shape index (κ2) is 7.04. The Kier molecular flexibility index (Phi) is 4.92. The van der Waals surface area contributed by atoms with E-state index in [0.717, 1.165) is 0 Å². The summed E-state index contributed by atoms with van der Waals surface area (Å²) < 4.78 is 24.8. The van der Waals surface area contributed by atoms with Gasteiger partial charge in [-0.05, 0) is 32.8 Å². The van der Waals surface area contributed by atoms with Crippen LogP contribution in [0, 0.1) is 35.0 Å². The van der Waals surface area contributed by atoms with Crippen molar-refractivity contribution < 1.29 is 43.9 Å². The number of aliphatic hydroxyl groups is 3. The molecule has 0 amide bonds. The molecule has 9 nitrogen and oxygen atoms in total. The highest BCUT2D eigenvalue weighted by Crippen LogP contribution is 2.80. The lowest BCUT2D eigenvalue weighted by Gasteiger charge is -2.54. The third-order valence-electron chi connectivity index (χ3n) is 11.1. The van der Waals surface area contributed by atoms with Crippen LogP contribution in [-0.2, 0) is 28.5 Å². The monoisotopic (exact) mass is 520 g/mol. The van der Waals surface area contributed by atoms with Crippen molar-refractivity contribution in [3.05, 3.63) is 11.6 Å². The summed E-state index contributed by atoms with van der Waals surface area (Å²) in [5, 5.41) is 36.9. The molecule has 4 aliphatic carbocycles. The molecule has 1 spiro atoms. The van der Waals surface area contributed by atoms with Gasteiger partial charge in [-0.1, -0.05) is 40.7 Å². The van der Waals surface area contributed by atoms with Crippen LogP contribution >= 0.6 is 0 Å². The molecule has 2 saturated heterocycles. The summed E-state index contributed by atoms with van der Waals surface area (Å²) in [5.74, 6) is -5.37. The number of ketones is 1. The minimum absolute atomic E-state index is 0.0764. The minimum atomic E-state index is -2.11. The lowest BCUT2D eigenvalue weighted by Crippen LogP contribution is -2.70. The van der Waals surface area contributed by atoms with Crippen LogP contribution in [-0.4, -0.2) is 80.2 Å². The number of aliphatic hydroxyl groups excluding tert-OH is 1. The van der Waals surface area contributed by atoms with E-state index in [1.807, 2.05) is 20.8 Å². The van der Waals surface area contributed by atoms with E-state index in [9.17, 15) is 24.9 Å². The first-order chi connectivity index (χ1) is 17.0. The summed E-state index contributed by atoms with van der Waals surface area (Å²) in [5.41, 5.74) is -6.60. The Labute approximate surface area is 217 Å². The maximum absolute atomic E-state index is 13.6. The van der Waals surface area contributed by atoms with E-state index in [4.69, 9.17) is 18.9 Å². The Hall–Kier alpha value is -1.36. The minimum Gasteiger partial charge on any atom is -0.455 e. The number of rotatable bonds is 3. The summed E-state index contributed by atoms with van der Waals surface area (Å²) >= 11 is 0. The van der Waals surface area contributed by atoms with Crippen LogP contribution in [0.1, 0.15) is 61.8 Å². The molecule has 12 atom stereocenters. The first kappa shape index (κ1) is 25.9. The molecule has 3 saturated carbocycles. The number of carbonyl (C=O) groups is 2. The first-order valence-corrected chi connectivity index (χ1v) is 13.6. The number of esters is 1. The van der Waals surface area contributed by atoms with Crippen molar-refractivity contribution in [2.45, 2.75) is 108 Å². The van der Waals surface area contributed by atoms with E-state index >= 15 is 0 Å². The highest BCUT2D eigenvalue weighted by Gasteiger charge is 2.93. The topological polar surface area (TPSA) is 135 Å². The predicted octanol–water partition coefficient (Wildman–Crippen LogP) is 1.51. The molecule has 3 N–H and O–H groups in total. The standard InChI is InChI=1S/C28H40O9/c1-9-12(2)21(31)36-28-17(23(28,5)6)16-20-25(35-20)11-34-24(7,8)37-22(25)27(33)15(10-13(3)18(27)29)26(16,32)14(4)19(28)30/h10,12,14-17,19-20,22,30,32-33H,9,11H2,1-8H3/t12-,14+,15-,16+,17-,19+,20-,22+,25-,26-,27+,28+/m0/s1. The average molecular weight is 521 g/mol. The summed E-state index contributed by atoms with van der Waals surface area (Å²) in [6.45, 7) is 14.4. The fraction of sp³-hybridized carbons (Fsp3) is 0.857. The van der Waals surface area contributed by atoms with E-state index in [1.165, 1.54) is 0 Å². The van der Waals surface area contributed by atoms with Crippen molar-refractivity contribution in [3.8, 4) is 0 Å². The Morgan fingerprint density at radius 3 is 2.49 bits per heavy atom. The summed E-state index contributed by atoms with van der Waals surface area (Å²) in [4.78, 5) is 26.7. The smallest absolute Gasteiger partial charge is 0.309 e. The number of Topliss-reactive ketones (excluding diaryl/α,β-unsaturated/α-hetero) is 1. The second-order valence-electron chi connectivity index (χ2n) is 13.5. The van der Waals surface area contributed by atoms with Gasteiger partial charge in [0.15, 0.2) is 17.2 Å². The van der Waals surface area contributed by atoms with Gasteiger partial charge < -0.3 is 34.3 Å². The molecule has 2 aliphatic heterocycles. The van der Waals surface area contributed by atoms with E-state index in [2.05, 4.69) is 0 Å². The lowest BCUT2D eigenvalue weighted by atomic mass is 9.58. The van der Waals surface area contributed by atoms with Crippen molar-refractivity contribution in [1.29, 1.82) is 0 Å². The van der Waals surface area contributed by atoms with Crippen LogP contribution in [0.3, 0.4) is 0 Å². The number of hydrogen-bond acceptors (Lipinski definition) is 9. The second-order valence-corrected chi connectivity index (χ2v) is 13.5. The van der Waals surface area contributed by atoms with Crippen molar-refractivity contribution in [2.24, 2.45) is 35.0 Å². The van der Waals surface area contributed by atoms with Crippen LogP contribution in [0.25, 0.3) is 0 Å². The molecule has 0 aromatic carbocycles. The zero-order valence-corrected chi connectivity index (χ0v) is 22.9. The zero-order valence-electron chi connectivity index (χ0n) is 22.9. The number of carbonyl (C=O) groups excluding carboxylic acids is 2. The number of epoxide rings is 1. The van der Waals surface area contributed by atoms with Gasteiger partial charge in [0.1, 0.15) is 17.3 Å². The largest absolute Gasteiger partial charge is 0.455 e. The van der Waals surface area contributed by atoms with Gasteiger partial charge in [-0.2, -0.15) is 0 Å². The molecular weight excluding hydrogens is 480 g/mol. The lowest BCUT2D eigenvalue weighted by molar-refractivity contribution is -0.329. The maximum atomic E-state index is 13.6. The Balaban J connectivity index is 1.54. The van der Waals surface area contributed by atoms with Gasteiger partial charge in [-0.15, -0.1) is 0 Å². The molecule has 6 aliphatic rings. The van der Waals surface area contributed by atoms with Crippen molar-refractivity contribution in [3.63, 3.8) is 0 Å². The molecule has 0 unspecified atom stereocenters. The zero-order chi connectivity index (χ0) is 27.3. The van der Waals surface area contributed by atoms with E-state index in [0.29, 0.717) is 12.0 Å². The third-order valence-corrected chi connectivity index (χ3v) is 11.1. The normalized spacial score (nSPS) is 54.8. The Bertz CT molecular complexity index is 1110. The maximum Gasteiger partial charge on any atom is 0.309 e. The molecule has 0 aromatic heterocycles. The van der Waals surface area contributed by atoms with E-state index in [-0.39, 0.29) is 18.5 Å². The van der Waals surface area contributed by atoms with Gasteiger partial charge in [0, 0.05) is 29.1 Å². The molecule has 2 heterocycles. The first-order valence-electron chi connectivity index (χ1n) is 13.6. The predicted molar refractivity (Wildman–Crippen MR) is 129 cm³/mol. The molecule has 5 fully saturated rings. The van der Waals surface area contributed by atoms with Gasteiger partial charge in [0.25, 0.3) is 0 Å². The molecule has 9 heteroatoms. The van der Waals surface area contributed by atoms with Gasteiger partial charge in [-0.25, -0.2) is 0 Å². The molecular formula is C28H40O9. The van der Waals surface area contributed by atoms with Crippen molar-refractivity contribution in [2.75, 3.05) is 6.61 Å². The van der Waals surface area contributed by atoms with Crippen molar-refractivity contribution >= 4 is 11.8 Å². The molecule has 206 valence electrons. The number of ether oxygens (including phenoxy) is 4. The van der Waals surface area contributed by atoms with Crippen LogP contribution in [0.5, 0.6) is 0 Å². The van der Waals surface area contributed by atoms with E-state index < -0.39 is 81.4 Å².